The molecule has 0 atom stereocenters. The van der Waals surface area contributed by atoms with Gasteiger partial charge in [-0.15, -0.1) is 5.54 Å². The lowest BCUT2D eigenvalue weighted by Crippen LogP contribution is -2.43. The molecule has 0 saturated heterocycles. The van der Waals surface area contributed by atoms with Crippen LogP contribution in [0.1, 0.15) is 59.6 Å². The molecule has 2 nitrogen and oxygen atoms in total. The third-order valence-electron chi connectivity index (χ3n) is 5.27. The van der Waals surface area contributed by atoms with Gasteiger partial charge in [-0.1, -0.05) is 53.5 Å². The average molecular weight is 344 g/mol. The molecule has 1 amide bonds. The van der Waals surface area contributed by atoms with Crippen LogP contribution in [0.15, 0.2) is 18.2 Å². The summed E-state index contributed by atoms with van der Waals surface area (Å²) in [6.07, 6.45) is 0. The van der Waals surface area contributed by atoms with Gasteiger partial charge < -0.3 is 4.90 Å². The van der Waals surface area contributed by atoms with Gasteiger partial charge in [-0.05, 0) is 41.2 Å². The minimum Gasteiger partial charge on any atom is -0.315 e. The first kappa shape index (κ1) is 20.5. The molecule has 132 valence electrons. The molecule has 0 saturated carbocycles. The lowest BCUT2D eigenvalue weighted by atomic mass is 10.1. The highest BCUT2D eigenvalue weighted by molar-refractivity contribution is 6.90. The Bertz CT molecular complexity index is 628. The predicted octanol–water partition coefficient (Wildman–Crippen LogP) is 5.55. The van der Waals surface area contributed by atoms with Gasteiger partial charge in [0.15, 0.2) is 0 Å². The SMILES string of the molecule is CC(=O)N(C)c1ccc(C)cc1C#C[Si](C(C)C)(C(C)C)C(C)C. The van der Waals surface area contributed by atoms with E-state index >= 15 is 0 Å². The van der Waals surface area contributed by atoms with E-state index in [4.69, 9.17) is 0 Å². The van der Waals surface area contributed by atoms with E-state index in [2.05, 4.69) is 66.0 Å². The minimum absolute atomic E-state index is 0.0296. The Morgan fingerprint density at radius 3 is 1.96 bits per heavy atom. The zero-order valence-corrected chi connectivity index (χ0v) is 17.8. The van der Waals surface area contributed by atoms with Crippen LogP contribution in [0.4, 0.5) is 5.69 Å². The fourth-order valence-corrected chi connectivity index (χ4v) is 9.04. The van der Waals surface area contributed by atoms with Gasteiger partial charge in [0.25, 0.3) is 0 Å². The van der Waals surface area contributed by atoms with Crippen LogP contribution in [-0.4, -0.2) is 21.0 Å². The number of amides is 1. The number of anilines is 1. The van der Waals surface area contributed by atoms with Crippen LogP contribution in [0.25, 0.3) is 0 Å². The van der Waals surface area contributed by atoms with Gasteiger partial charge in [0.05, 0.1) is 5.69 Å². The maximum Gasteiger partial charge on any atom is 0.223 e. The van der Waals surface area contributed by atoms with Crippen LogP contribution >= 0.6 is 0 Å². The van der Waals surface area contributed by atoms with Crippen LogP contribution in [-0.2, 0) is 4.79 Å². The maximum atomic E-state index is 11.8. The first-order chi connectivity index (χ1) is 11.0. The van der Waals surface area contributed by atoms with E-state index < -0.39 is 8.07 Å². The molecule has 1 aromatic carbocycles. The molecule has 0 aliphatic rings. The third-order valence-corrected chi connectivity index (χ3v) is 11.6. The van der Waals surface area contributed by atoms with Crippen LogP contribution in [0.2, 0.25) is 16.6 Å². The summed E-state index contributed by atoms with van der Waals surface area (Å²) in [4.78, 5) is 13.5. The Labute approximate surface area is 149 Å². The highest BCUT2D eigenvalue weighted by Gasteiger charge is 2.41. The van der Waals surface area contributed by atoms with Gasteiger partial charge in [0.1, 0.15) is 8.07 Å². The average Bonchev–Trinajstić information content (AvgIpc) is 2.46. The third kappa shape index (κ3) is 4.11. The van der Waals surface area contributed by atoms with Gasteiger partial charge in [-0.2, -0.15) is 0 Å². The number of nitrogens with zero attached hydrogens (tertiary/aromatic N) is 1. The normalized spacial score (nSPS) is 11.7. The summed E-state index contributed by atoms with van der Waals surface area (Å²) >= 11 is 0. The van der Waals surface area contributed by atoms with Crippen molar-refractivity contribution in [3.8, 4) is 11.5 Å². The van der Waals surface area contributed by atoms with Crippen LogP contribution in [0, 0.1) is 18.4 Å². The molecule has 3 heteroatoms. The van der Waals surface area contributed by atoms with Crippen LogP contribution in [0.5, 0.6) is 0 Å². The minimum atomic E-state index is -1.78. The molecule has 0 aromatic heterocycles. The van der Waals surface area contributed by atoms with E-state index in [1.165, 1.54) is 5.56 Å². The molecular formula is C21H33NOSi. The highest BCUT2D eigenvalue weighted by atomic mass is 28.3. The quantitative estimate of drug-likeness (QED) is 0.518. The summed E-state index contributed by atoms with van der Waals surface area (Å²) in [5, 5.41) is 0. The summed E-state index contributed by atoms with van der Waals surface area (Å²) < 4.78 is 0. The van der Waals surface area contributed by atoms with Crippen molar-refractivity contribution in [3.05, 3.63) is 29.3 Å². The first-order valence-electron chi connectivity index (χ1n) is 8.92. The summed E-state index contributed by atoms with van der Waals surface area (Å²) in [6.45, 7) is 17.6. The topological polar surface area (TPSA) is 20.3 Å². The Hall–Kier alpha value is -1.53. The van der Waals surface area contributed by atoms with Crippen molar-refractivity contribution >= 4 is 19.7 Å². The lowest BCUT2D eigenvalue weighted by molar-refractivity contribution is -0.116. The fraction of sp³-hybridized carbons (Fsp3) is 0.571. The van der Waals surface area contributed by atoms with Crippen molar-refractivity contribution in [2.45, 2.75) is 72.0 Å². The second-order valence-corrected chi connectivity index (χ2v) is 13.3. The molecule has 0 spiro atoms. The van der Waals surface area contributed by atoms with Crippen LogP contribution < -0.4 is 4.90 Å². The van der Waals surface area contributed by atoms with Gasteiger partial charge in [-0.25, -0.2) is 0 Å². The molecule has 24 heavy (non-hydrogen) atoms. The second kappa shape index (κ2) is 8.03. The molecular weight excluding hydrogens is 310 g/mol. The van der Waals surface area contributed by atoms with Gasteiger partial charge in [-0.3, -0.25) is 4.79 Å². The molecule has 0 aliphatic heterocycles. The summed E-state index contributed by atoms with van der Waals surface area (Å²) in [6, 6.07) is 6.14. The molecule has 1 rings (SSSR count). The van der Waals surface area contributed by atoms with E-state index in [9.17, 15) is 4.79 Å². The summed E-state index contributed by atoms with van der Waals surface area (Å²) in [7, 11) is 0.0385. The molecule has 1 aromatic rings. The number of rotatable bonds is 4. The molecule has 0 fully saturated rings. The van der Waals surface area contributed by atoms with Crippen molar-refractivity contribution in [2.75, 3.05) is 11.9 Å². The number of benzene rings is 1. The Kier molecular flexibility index (Phi) is 6.86. The largest absolute Gasteiger partial charge is 0.315 e. The number of aryl methyl sites for hydroxylation is 1. The molecule has 0 heterocycles. The number of carbonyl (C=O) groups is 1. The Morgan fingerprint density at radius 1 is 1.04 bits per heavy atom. The fourth-order valence-electron chi connectivity index (χ4n) is 3.82. The van der Waals surface area contributed by atoms with E-state index in [1.807, 2.05) is 19.2 Å². The van der Waals surface area contributed by atoms with Crippen LogP contribution in [0.3, 0.4) is 0 Å². The Balaban J connectivity index is 3.52. The van der Waals surface area contributed by atoms with E-state index in [-0.39, 0.29) is 5.91 Å². The van der Waals surface area contributed by atoms with Gasteiger partial charge >= 0.3 is 0 Å². The number of hydrogen-bond acceptors (Lipinski definition) is 1. The predicted molar refractivity (Wildman–Crippen MR) is 108 cm³/mol. The van der Waals surface area contributed by atoms with Crippen molar-refractivity contribution in [1.82, 2.24) is 0 Å². The summed E-state index contributed by atoms with van der Waals surface area (Å²) in [5.74, 6) is 3.52. The first-order valence-corrected chi connectivity index (χ1v) is 11.1. The molecule has 0 aliphatic carbocycles. The highest BCUT2D eigenvalue weighted by Crippen LogP contribution is 2.40. The standard InChI is InChI=1S/C21H33NOSi/c1-15(2)24(16(3)4,17(5)6)13-12-20-14-18(7)10-11-21(20)22(9)19(8)23/h10-11,14-17H,1-9H3. The molecule has 0 bridgehead atoms. The smallest absolute Gasteiger partial charge is 0.223 e. The monoisotopic (exact) mass is 343 g/mol. The van der Waals surface area contributed by atoms with Gasteiger partial charge in [0, 0.05) is 19.5 Å². The van der Waals surface area contributed by atoms with Gasteiger partial charge in [0.2, 0.25) is 5.91 Å². The van der Waals surface area contributed by atoms with Crippen molar-refractivity contribution < 1.29 is 4.79 Å². The Morgan fingerprint density at radius 2 is 1.54 bits per heavy atom. The van der Waals surface area contributed by atoms with Crippen molar-refractivity contribution in [1.29, 1.82) is 0 Å². The van der Waals surface area contributed by atoms with E-state index in [0.29, 0.717) is 16.6 Å². The summed E-state index contributed by atoms with van der Waals surface area (Å²) in [5.41, 5.74) is 8.60. The number of carbonyl (C=O) groups excluding carboxylic acids is 1. The van der Waals surface area contributed by atoms with Crippen molar-refractivity contribution in [2.24, 2.45) is 0 Å². The lowest BCUT2D eigenvalue weighted by Gasteiger charge is -2.38. The van der Waals surface area contributed by atoms with Crippen molar-refractivity contribution in [3.63, 3.8) is 0 Å². The van der Waals surface area contributed by atoms with E-state index in [1.54, 1.807) is 11.8 Å². The molecule has 0 radical (unpaired) electrons. The second-order valence-electron chi connectivity index (χ2n) is 7.75. The maximum absolute atomic E-state index is 11.8. The molecule has 0 N–H and O–H groups in total. The van der Waals surface area contributed by atoms with E-state index in [0.717, 1.165) is 11.3 Å². The zero-order chi connectivity index (χ0) is 18.7. The number of hydrogen-bond donors (Lipinski definition) is 0. The zero-order valence-electron chi connectivity index (χ0n) is 16.8. The molecule has 0 unspecified atom stereocenters.